The van der Waals surface area contributed by atoms with Gasteiger partial charge in [-0.25, -0.2) is 0 Å². The lowest BCUT2D eigenvalue weighted by Crippen LogP contribution is -2.28. The molecule has 0 aliphatic rings. The Balaban J connectivity index is 1.70. The molecule has 1 N–H and O–H groups in total. The van der Waals surface area contributed by atoms with Crippen molar-refractivity contribution >= 4 is 16.8 Å². The highest BCUT2D eigenvalue weighted by Gasteiger charge is 2.15. The minimum atomic E-state index is 0.00468. The Morgan fingerprint density at radius 3 is 2.95 bits per heavy atom. The average molecular weight is 284 g/mol. The molecule has 3 rings (SSSR count). The molecule has 21 heavy (non-hydrogen) atoms. The van der Waals surface area contributed by atoms with Gasteiger partial charge in [0.1, 0.15) is 11.5 Å². The van der Waals surface area contributed by atoms with Crippen molar-refractivity contribution in [1.29, 1.82) is 0 Å². The zero-order chi connectivity index (χ0) is 14.8. The zero-order valence-corrected chi connectivity index (χ0v) is 12.0. The van der Waals surface area contributed by atoms with Gasteiger partial charge in [-0.05, 0) is 13.0 Å². The minimum absolute atomic E-state index is 0.00468. The van der Waals surface area contributed by atoms with E-state index >= 15 is 0 Å². The van der Waals surface area contributed by atoms with Gasteiger partial charge in [0.05, 0.1) is 24.2 Å². The minimum Gasteiger partial charge on any atom is -0.361 e. The number of amides is 1. The predicted octanol–water partition coefficient (Wildman–Crippen LogP) is 2.06. The predicted molar refractivity (Wildman–Crippen MR) is 77.5 cm³/mol. The SMILES string of the molecule is Cc1cc(CN(C)C(=O)Cc2[nH]nc3ccccc23)no1. The van der Waals surface area contributed by atoms with E-state index in [0.717, 1.165) is 28.1 Å². The molecule has 0 aliphatic heterocycles. The normalized spacial score (nSPS) is 11.0. The number of nitrogens with zero attached hydrogens (tertiary/aromatic N) is 3. The average Bonchev–Trinajstić information content (AvgIpc) is 3.06. The van der Waals surface area contributed by atoms with Gasteiger partial charge in [-0.3, -0.25) is 9.89 Å². The van der Waals surface area contributed by atoms with Crippen LogP contribution in [0.1, 0.15) is 17.1 Å². The molecule has 0 saturated carbocycles. The third kappa shape index (κ3) is 2.79. The van der Waals surface area contributed by atoms with Gasteiger partial charge >= 0.3 is 0 Å². The van der Waals surface area contributed by atoms with Crippen LogP contribution in [-0.4, -0.2) is 33.2 Å². The van der Waals surface area contributed by atoms with Crippen molar-refractivity contribution in [1.82, 2.24) is 20.3 Å². The summed E-state index contributed by atoms with van der Waals surface area (Å²) < 4.78 is 5.00. The molecule has 108 valence electrons. The maximum Gasteiger partial charge on any atom is 0.228 e. The first-order chi connectivity index (χ1) is 10.1. The van der Waals surface area contributed by atoms with Gasteiger partial charge in [0.25, 0.3) is 0 Å². The molecular formula is C15H16N4O2. The van der Waals surface area contributed by atoms with Crippen molar-refractivity contribution in [2.75, 3.05) is 7.05 Å². The number of aromatic nitrogens is 3. The molecule has 0 unspecified atom stereocenters. The second-order valence-corrected chi connectivity index (χ2v) is 5.07. The Labute approximate surface area is 121 Å². The van der Waals surface area contributed by atoms with Crippen LogP contribution in [0, 0.1) is 6.92 Å². The van der Waals surface area contributed by atoms with E-state index in [1.54, 1.807) is 11.9 Å². The number of aryl methyl sites for hydroxylation is 1. The summed E-state index contributed by atoms with van der Waals surface area (Å²) >= 11 is 0. The third-order valence-corrected chi connectivity index (χ3v) is 3.37. The number of nitrogens with one attached hydrogen (secondary N) is 1. The van der Waals surface area contributed by atoms with Gasteiger partial charge < -0.3 is 9.42 Å². The second kappa shape index (κ2) is 5.40. The Morgan fingerprint density at radius 2 is 2.19 bits per heavy atom. The Bertz CT molecular complexity index is 775. The molecule has 0 bridgehead atoms. The van der Waals surface area contributed by atoms with Crippen LogP contribution in [0.3, 0.4) is 0 Å². The number of carbonyl (C=O) groups excluding carboxylic acids is 1. The largest absolute Gasteiger partial charge is 0.361 e. The smallest absolute Gasteiger partial charge is 0.228 e. The molecule has 6 nitrogen and oxygen atoms in total. The summed E-state index contributed by atoms with van der Waals surface area (Å²) in [6.45, 7) is 2.26. The molecule has 0 aliphatic carbocycles. The van der Waals surface area contributed by atoms with Gasteiger partial charge in [-0.15, -0.1) is 0 Å². The summed E-state index contributed by atoms with van der Waals surface area (Å²) in [6.07, 6.45) is 0.286. The van der Waals surface area contributed by atoms with Crippen molar-refractivity contribution in [3.8, 4) is 0 Å². The van der Waals surface area contributed by atoms with Crippen LogP contribution in [0.4, 0.5) is 0 Å². The summed E-state index contributed by atoms with van der Waals surface area (Å²) in [5.74, 6) is 0.746. The molecule has 0 fully saturated rings. The number of aromatic amines is 1. The molecule has 2 heterocycles. The Morgan fingerprint density at radius 1 is 1.38 bits per heavy atom. The number of hydrogen-bond donors (Lipinski definition) is 1. The first-order valence-corrected chi connectivity index (χ1v) is 6.71. The molecule has 0 saturated heterocycles. The number of carbonyl (C=O) groups is 1. The fourth-order valence-electron chi connectivity index (χ4n) is 2.26. The molecule has 2 aromatic heterocycles. The molecule has 6 heteroatoms. The molecular weight excluding hydrogens is 268 g/mol. The molecule has 0 spiro atoms. The lowest BCUT2D eigenvalue weighted by Gasteiger charge is -2.14. The topological polar surface area (TPSA) is 75.0 Å². The van der Waals surface area contributed by atoms with Crippen LogP contribution in [0.25, 0.3) is 10.9 Å². The molecule has 0 radical (unpaired) electrons. The highest BCUT2D eigenvalue weighted by atomic mass is 16.5. The van der Waals surface area contributed by atoms with Gasteiger partial charge in [0.2, 0.25) is 5.91 Å². The molecule has 0 atom stereocenters. The number of para-hydroxylation sites is 1. The van der Waals surface area contributed by atoms with Crippen molar-refractivity contribution in [3.63, 3.8) is 0 Å². The summed E-state index contributed by atoms with van der Waals surface area (Å²) in [5.41, 5.74) is 2.45. The van der Waals surface area contributed by atoms with E-state index < -0.39 is 0 Å². The standard InChI is InChI=1S/C15H16N4O2/c1-10-7-11(18-21-10)9-19(2)15(20)8-14-12-5-3-4-6-13(12)16-17-14/h3-7H,8-9H2,1-2H3,(H,16,17). The van der Waals surface area contributed by atoms with E-state index in [2.05, 4.69) is 15.4 Å². The fourth-order valence-corrected chi connectivity index (χ4v) is 2.26. The van der Waals surface area contributed by atoms with Gasteiger partial charge in [0, 0.05) is 18.5 Å². The van der Waals surface area contributed by atoms with Crippen molar-refractivity contribution in [2.45, 2.75) is 19.9 Å². The van der Waals surface area contributed by atoms with Crippen LogP contribution >= 0.6 is 0 Å². The van der Waals surface area contributed by atoms with Crippen LogP contribution in [0.2, 0.25) is 0 Å². The number of H-pyrrole nitrogens is 1. The highest BCUT2D eigenvalue weighted by molar-refractivity contribution is 5.87. The van der Waals surface area contributed by atoms with Crippen LogP contribution < -0.4 is 0 Å². The summed E-state index contributed by atoms with van der Waals surface area (Å²) in [6, 6.07) is 9.57. The summed E-state index contributed by atoms with van der Waals surface area (Å²) in [7, 11) is 1.75. The third-order valence-electron chi connectivity index (χ3n) is 3.37. The van der Waals surface area contributed by atoms with E-state index in [4.69, 9.17) is 4.52 Å². The van der Waals surface area contributed by atoms with Crippen molar-refractivity contribution < 1.29 is 9.32 Å². The van der Waals surface area contributed by atoms with E-state index in [1.165, 1.54) is 0 Å². The Kier molecular flexibility index (Phi) is 3.43. The highest BCUT2D eigenvalue weighted by Crippen LogP contribution is 2.16. The number of hydrogen-bond acceptors (Lipinski definition) is 4. The molecule has 1 aromatic carbocycles. The number of rotatable bonds is 4. The van der Waals surface area contributed by atoms with Crippen molar-refractivity contribution in [3.05, 3.63) is 47.5 Å². The first-order valence-electron chi connectivity index (χ1n) is 6.71. The second-order valence-electron chi connectivity index (χ2n) is 5.07. The summed E-state index contributed by atoms with van der Waals surface area (Å²) in [5, 5.41) is 12.0. The number of benzene rings is 1. The quantitative estimate of drug-likeness (QED) is 0.795. The van der Waals surface area contributed by atoms with E-state index in [-0.39, 0.29) is 12.3 Å². The van der Waals surface area contributed by atoms with Crippen LogP contribution in [0.15, 0.2) is 34.9 Å². The maximum absolute atomic E-state index is 12.3. The van der Waals surface area contributed by atoms with Gasteiger partial charge in [0.15, 0.2) is 0 Å². The lowest BCUT2D eigenvalue weighted by atomic mass is 10.1. The van der Waals surface area contributed by atoms with Crippen LogP contribution in [-0.2, 0) is 17.8 Å². The lowest BCUT2D eigenvalue weighted by molar-refractivity contribution is -0.129. The van der Waals surface area contributed by atoms with Gasteiger partial charge in [-0.1, -0.05) is 23.4 Å². The van der Waals surface area contributed by atoms with E-state index in [1.807, 2.05) is 37.3 Å². The van der Waals surface area contributed by atoms with Gasteiger partial charge in [-0.2, -0.15) is 5.10 Å². The van der Waals surface area contributed by atoms with E-state index in [0.29, 0.717) is 6.54 Å². The zero-order valence-electron chi connectivity index (χ0n) is 12.0. The Hall–Kier alpha value is -2.63. The number of fused-ring (bicyclic) bond motifs is 1. The van der Waals surface area contributed by atoms with E-state index in [9.17, 15) is 4.79 Å². The fraction of sp³-hybridized carbons (Fsp3) is 0.267. The van der Waals surface area contributed by atoms with Crippen molar-refractivity contribution in [2.24, 2.45) is 0 Å². The first kappa shape index (κ1) is 13.4. The summed E-state index contributed by atoms with van der Waals surface area (Å²) in [4.78, 5) is 13.9. The maximum atomic E-state index is 12.3. The van der Waals surface area contributed by atoms with Crippen LogP contribution in [0.5, 0.6) is 0 Å². The molecule has 1 amide bonds. The molecule has 3 aromatic rings. The number of likely N-dealkylation sites (N-methyl/N-ethyl adjacent to an activating group) is 1. The monoisotopic (exact) mass is 284 g/mol.